The topological polar surface area (TPSA) is 69.6 Å². The lowest BCUT2D eigenvalue weighted by molar-refractivity contribution is 0.186. The number of nitrogens with one attached hydrogen (secondary N) is 1. The van der Waals surface area contributed by atoms with Gasteiger partial charge in [0.05, 0.1) is 6.10 Å². The number of aliphatic hydroxyl groups excluding tert-OH is 1. The Morgan fingerprint density at radius 3 is 2.31 bits per heavy atom. The van der Waals surface area contributed by atoms with Crippen molar-refractivity contribution in [1.29, 1.82) is 0 Å². The van der Waals surface area contributed by atoms with E-state index in [9.17, 15) is 8.42 Å². The number of hydrogen-bond acceptors (Lipinski definition) is 3. The summed E-state index contributed by atoms with van der Waals surface area (Å²) in [6.07, 6.45) is 4.09. The third-order valence-electron chi connectivity index (χ3n) is 2.75. The monoisotopic (exact) mass is 250 g/mol. The molecule has 96 valence electrons. The summed E-state index contributed by atoms with van der Waals surface area (Å²) < 4.78 is 27.7. The van der Waals surface area contributed by atoms with E-state index in [0.29, 0.717) is 26.1 Å². The van der Waals surface area contributed by atoms with E-state index in [4.69, 9.17) is 5.11 Å². The second kappa shape index (κ2) is 6.54. The van der Waals surface area contributed by atoms with E-state index >= 15 is 0 Å². The third kappa shape index (κ3) is 4.78. The molecule has 1 rings (SSSR count). The quantitative estimate of drug-likeness (QED) is 0.745. The fourth-order valence-corrected chi connectivity index (χ4v) is 3.07. The van der Waals surface area contributed by atoms with Gasteiger partial charge in [-0.2, -0.15) is 12.7 Å². The maximum absolute atomic E-state index is 11.9. The lowest BCUT2D eigenvalue weighted by Gasteiger charge is -2.20. The molecule has 1 atom stereocenters. The molecular formula is C10H22N2O3S. The average molecular weight is 250 g/mol. The zero-order valence-corrected chi connectivity index (χ0v) is 10.7. The van der Waals surface area contributed by atoms with E-state index in [1.807, 2.05) is 0 Å². The van der Waals surface area contributed by atoms with Crippen LogP contribution < -0.4 is 4.72 Å². The lowest BCUT2D eigenvalue weighted by atomic mass is 10.2. The van der Waals surface area contributed by atoms with Gasteiger partial charge in [-0.15, -0.1) is 0 Å². The standard InChI is InChI=1S/C10H22N2O3S/c1-10(13)6-7-11-16(14,15)12-8-4-2-3-5-9-12/h10-11,13H,2-9H2,1H3. The zero-order chi connectivity index (χ0) is 12.0. The van der Waals surface area contributed by atoms with Gasteiger partial charge in [0.1, 0.15) is 0 Å². The number of rotatable bonds is 5. The van der Waals surface area contributed by atoms with Gasteiger partial charge in [-0.05, 0) is 26.2 Å². The summed E-state index contributed by atoms with van der Waals surface area (Å²) in [5.74, 6) is 0. The normalized spacial score (nSPS) is 21.6. The van der Waals surface area contributed by atoms with E-state index in [2.05, 4.69) is 4.72 Å². The van der Waals surface area contributed by atoms with Crippen LogP contribution in [0.25, 0.3) is 0 Å². The predicted molar refractivity (Wildman–Crippen MR) is 63.3 cm³/mol. The number of hydrogen-bond donors (Lipinski definition) is 2. The Bertz CT molecular complexity index is 282. The van der Waals surface area contributed by atoms with Crippen LogP contribution in [-0.4, -0.2) is 43.6 Å². The molecule has 1 fully saturated rings. The molecule has 0 aromatic carbocycles. The molecule has 0 bridgehead atoms. The van der Waals surface area contributed by atoms with E-state index in [1.54, 1.807) is 6.92 Å². The molecule has 6 heteroatoms. The van der Waals surface area contributed by atoms with Crippen molar-refractivity contribution in [3.63, 3.8) is 0 Å². The van der Waals surface area contributed by atoms with Crippen LogP contribution in [0.4, 0.5) is 0 Å². The molecule has 1 aliphatic heterocycles. The molecule has 1 aliphatic rings. The third-order valence-corrected chi connectivity index (χ3v) is 4.37. The van der Waals surface area contributed by atoms with E-state index in [-0.39, 0.29) is 0 Å². The molecule has 16 heavy (non-hydrogen) atoms. The Labute approximate surface area is 98.0 Å². The molecule has 1 saturated heterocycles. The summed E-state index contributed by atoms with van der Waals surface area (Å²) in [5.41, 5.74) is 0. The van der Waals surface area contributed by atoms with Crippen LogP contribution in [0.5, 0.6) is 0 Å². The van der Waals surface area contributed by atoms with Crippen molar-refractivity contribution in [2.45, 2.75) is 45.1 Å². The summed E-state index contributed by atoms with van der Waals surface area (Å²) in [5, 5.41) is 9.06. The first kappa shape index (κ1) is 13.9. The minimum atomic E-state index is -3.33. The molecule has 0 spiro atoms. The van der Waals surface area contributed by atoms with Crippen molar-refractivity contribution in [2.24, 2.45) is 0 Å². The minimum Gasteiger partial charge on any atom is -0.393 e. The molecule has 0 aromatic rings. The van der Waals surface area contributed by atoms with E-state index in [1.165, 1.54) is 4.31 Å². The highest BCUT2D eigenvalue weighted by atomic mass is 32.2. The highest BCUT2D eigenvalue weighted by molar-refractivity contribution is 7.87. The smallest absolute Gasteiger partial charge is 0.279 e. The van der Waals surface area contributed by atoms with Crippen LogP contribution in [0.2, 0.25) is 0 Å². The van der Waals surface area contributed by atoms with E-state index in [0.717, 1.165) is 25.7 Å². The Morgan fingerprint density at radius 2 is 1.81 bits per heavy atom. The van der Waals surface area contributed by atoms with Crippen LogP contribution in [-0.2, 0) is 10.2 Å². The first-order valence-corrected chi connectivity index (χ1v) is 7.39. The van der Waals surface area contributed by atoms with Crippen molar-refractivity contribution in [3.8, 4) is 0 Å². The Hall–Kier alpha value is -0.170. The predicted octanol–water partition coefficient (Wildman–Crippen LogP) is 0.468. The second-order valence-corrected chi connectivity index (χ2v) is 6.11. The van der Waals surface area contributed by atoms with Crippen LogP contribution >= 0.6 is 0 Å². The van der Waals surface area contributed by atoms with Gasteiger partial charge in [-0.25, -0.2) is 4.72 Å². The molecule has 0 aliphatic carbocycles. The summed E-state index contributed by atoms with van der Waals surface area (Å²) in [4.78, 5) is 0. The Balaban J connectivity index is 2.42. The summed E-state index contributed by atoms with van der Waals surface area (Å²) >= 11 is 0. The zero-order valence-electron chi connectivity index (χ0n) is 9.85. The molecule has 0 radical (unpaired) electrons. The maximum atomic E-state index is 11.9. The minimum absolute atomic E-state index is 0.302. The first-order valence-electron chi connectivity index (χ1n) is 5.95. The Kier molecular flexibility index (Phi) is 5.68. The largest absolute Gasteiger partial charge is 0.393 e. The van der Waals surface area contributed by atoms with Gasteiger partial charge in [0.2, 0.25) is 0 Å². The molecular weight excluding hydrogens is 228 g/mol. The van der Waals surface area contributed by atoms with Crippen molar-refractivity contribution in [3.05, 3.63) is 0 Å². The highest BCUT2D eigenvalue weighted by Crippen LogP contribution is 2.12. The molecule has 0 aromatic heterocycles. The molecule has 5 nitrogen and oxygen atoms in total. The fraction of sp³-hybridized carbons (Fsp3) is 1.00. The SMILES string of the molecule is CC(O)CCNS(=O)(=O)N1CCCCCC1. The van der Waals surface area contributed by atoms with Gasteiger partial charge < -0.3 is 5.11 Å². The van der Waals surface area contributed by atoms with Gasteiger partial charge in [-0.1, -0.05) is 12.8 Å². The highest BCUT2D eigenvalue weighted by Gasteiger charge is 2.22. The fourth-order valence-electron chi connectivity index (χ4n) is 1.77. The van der Waals surface area contributed by atoms with Crippen LogP contribution in [0.3, 0.4) is 0 Å². The first-order chi connectivity index (χ1) is 7.52. The lowest BCUT2D eigenvalue weighted by Crippen LogP contribution is -2.42. The van der Waals surface area contributed by atoms with Crippen molar-refractivity contribution < 1.29 is 13.5 Å². The van der Waals surface area contributed by atoms with Crippen molar-refractivity contribution in [1.82, 2.24) is 9.03 Å². The molecule has 1 heterocycles. The van der Waals surface area contributed by atoms with Crippen molar-refractivity contribution >= 4 is 10.2 Å². The summed E-state index contributed by atoms with van der Waals surface area (Å²) in [6, 6.07) is 0. The second-order valence-electron chi connectivity index (χ2n) is 4.35. The van der Waals surface area contributed by atoms with Gasteiger partial charge in [0.15, 0.2) is 0 Å². The van der Waals surface area contributed by atoms with Gasteiger partial charge in [0, 0.05) is 19.6 Å². The Morgan fingerprint density at radius 1 is 1.25 bits per heavy atom. The average Bonchev–Trinajstić information content (AvgIpc) is 2.44. The molecule has 0 saturated carbocycles. The number of aliphatic hydroxyl groups is 1. The molecule has 1 unspecified atom stereocenters. The summed E-state index contributed by atoms with van der Waals surface area (Å²) in [7, 11) is -3.33. The molecule has 0 amide bonds. The molecule has 2 N–H and O–H groups in total. The number of nitrogens with zero attached hydrogens (tertiary/aromatic N) is 1. The van der Waals surface area contributed by atoms with Crippen molar-refractivity contribution in [2.75, 3.05) is 19.6 Å². The van der Waals surface area contributed by atoms with E-state index < -0.39 is 16.3 Å². The van der Waals surface area contributed by atoms with Crippen LogP contribution in [0.1, 0.15) is 39.0 Å². The van der Waals surface area contributed by atoms with Crippen LogP contribution in [0, 0.1) is 0 Å². The van der Waals surface area contributed by atoms with Gasteiger partial charge >= 0.3 is 0 Å². The maximum Gasteiger partial charge on any atom is 0.279 e. The summed E-state index contributed by atoms with van der Waals surface area (Å²) in [6.45, 7) is 3.19. The van der Waals surface area contributed by atoms with Gasteiger partial charge in [0.25, 0.3) is 10.2 Å². The van der Waals surface area contributed by atoms with Crippen LogP contribution in [0.15, 0.2) is 0 Å². The van der Waals surface area contributed by atoms with Gasteiger partial charge in [-0.3, -0.25) is 0 Å².